The van der Waals surface area contributed by atoms with Crippen molar-refractivity contribution in [3.63, 3.8) is 0 Å². The van der Waals surface area contributed by atoms with Gasteiger partial charge in [-0.15, -0.1) is 0 Å². The maximum Gasteiger partial charge on any atom is 0.325 e. The summed E-state index contributed by atoms with van der Waals surface area (Å²) in [5, 5.41) is 2.98. The Hall–Kier alpha value is -2.24. The quantitative estimate of drug-likeness (QED) is 0.735. The standard InChI is InChI=1S/C21H30N2O4/c1-2-15-26-17-8-10-18(11-9-17)27-16-14-23-19(24)21(22-20(23)25)12-6-4-3-5-7-13-21/h8-11H,2-7,12-16H2,1H3,(H,22,25). The van der Waals surface area contributed by atoms with Gasteiger partial charge >= 0.3 is 6.03 Å². The number of carbonyl (C=O) groups is 2. The van der Waals surface area contributed by atoms with Crippen LogP contribution in [-0.2, 0) is 4.79 Å². The SMILES string of the molecule is CCCOc1ccc(OCCN2C(=O)NC3(CCCCCCC3)C2=O)cc1. The molecule has 148 valence electrons. The minimum Gasteiger partial charge on any atom is -0.494 e. The van der Waals surface area contributed by atoms with E-state index in [9.17, 15) is 9.59 Å². The van der Waals surface area contributed by atoms with E-state index in [2.05, 4.69) is 12.2 Å². The van der Waals surface area contributed by atoms with Crippen LogP contribution >= 0.6 is 0 Å². The Morgan fingerprint density at radius 3 is 2.07 bits per heavy atom. The van der Waals surface area contributed by atoms with Gasteiger partial charge in [0.25, 0.3) is 5.91 Å². The molecular formula is C21H30N2O4. The van der Waals surface area contributed by atoms with E-state index in [1.165, 1.54) is 11.3 Å². The molecule has 1 aliphatic carbocycles. The number of urea groups is 1. The molecule has 0 unspecified atom stereocenters. The largest absolute Gasteiger partial charge is 0.494 e. The molecule has 1 heterocycles. The van der Waals surface area contributed by atoms with Crippen LogP contribution in [0.25, 0.3) is 0 Å². The number of nitrogens with one attached hydrogen (secondary N) is 1. The van der Waals surface area contributed by atoms with Crippen LogP contribution in [-0.4, -0.2) is 42.1 Å². The minimum atomic E-state index is -0.685. The van der Waals surface area contributed by atoms with Crippen molar-refractivity contribution in [3.05, 3.63) is 24.3 Å². The highest BCUT2D eigenvalue weighted by Gasteiger charge is 2.50. The molecule has 1 aromatic carbocycles. The fraction of sp³-hybridized carbons (Fsp3) is 0.619. The third kappa shape index (κ3) is 4.73. The number of benzene rings is 1. The molecule has 0 aromatic heterocycles. The first kappa shape index (κ1) is 19.5. The molecule has 1 saturated heterocycles. The average molecular weight is 374 g/mol. The number of nitrogens with zero attached hydrogens (tertiary/aromatic N) is 1. The van der Waals surface area contributed by atoms with Crippen LogP contribution in [0.1, 0.15) is 58.3 Å². The zero-order chi connectivity index (χ0) is 19.1. The molecule has 27 heavy (non-hydrogen) atoms. The zero-order valence-electron chi connectivity index (χ0n) is 16.2. The third-order valence-corrected chi connectivity index (χ3v) is 5.33. The Bertz CT molecular complexity index is 636. The van der Waals surface area contributed by atoms with Crippen molar-refractivity contribution in [3.8, 4) is 11.5 Å². The molecule has 2 fully saturated rings. The molecule has 6 nitrogen and oxygen atoms in total. The van der Waals surface area contributed by atoms with Gasteiger partial charge in [-0.2, -0.15) is 0 Å². The second kappa shape index (κ2) is 9.11. The summed E-state index contributed by atoms with van der Waals surface area (Å²) >= 11 is 0. The van der Waals surface area contributed by atoms with Crippen molar-refractivity contribution in [2.45, 2.75) is 63.8 Å². The van der Waals surface area contributed by atoms with Crippen LogP contribution in [0.15, 0.2) is 24.3 Å². The van der Waals surface area contributed by atoms with Crippen LogP contribution in [0.5, 0.6) is 11.5 Å². The van der Waals surface area contributed by atoms with Crippen molar-refractivity contribution in [2.75, 3.05) is 19.8 Å². The number of carbonyl (C=O) groups excluding carboxylic acids is 2. The molecule has 0 radical (unpaired) electrons. The predicted octanol–water partition coefficient (Wildman–Crippen LogP) is 3.89. The van der Waals surface area contributed by atoms with Crippen molar-refractivity contribution >= 4 is 11.9 Å². The molecule has 1 spiro atoms. The second-order valence-electron chi connectivity index (χ2n) is 7.41. The minimum absolute atomic E-state index is 0.0821. The van der Waals surface area contributed by atoms with Crippen LogP contribution in [0.4, 0.5) is 4.79 Å². The van der Waals surface area contributed by atoms with E-state index >= 15 is 0 Å². The summed E-state index contributed by atoms with van der Waals surface area (Å²) in [6.45, 7) is 3.30. The van der Waals surface area contributed by atoms with Crippen molar-refractivity contribution in [1.82, 2.24) is 10.2 Å². The summed E-state index contributed by atoms with van der Waals surface area (Å²) in [5.41, 5.74) is -0.685. The third-order valence-electron chi connectivity index (χ3n) is 5.33. The van der Waals surface area contributed by atoms with Crippen molar-refractivity contribution < 1.29 is 19.1 Å². The van der Waals surface area contributed by atoms with E-state index in [0.29, 0.717) is 12.4 Å². The first-order valence-corrected chi connectivity index (χ1v) is 10.1. The van der Waals surface area contributed by atoms with Crippen molar-refractivity contribution in [2.24, 2.45) is 0 Å². The van der Waals surface area contributed by atoms with Gasteiger partial charge in [0.2, 0.25) is 0 Å². The summed E-state index contributed by atoms with van der Waals surface area (Å²) in [7, 11) is 0. The van der Waals surface area contributed by atoms with E-state index in [4.69, 9.17) is 9.47 Å². The molecule has 3 amide bonds. The Balaban J connectivity index is 1.51. The maximum atomic E-state index is 12.9. The summed E-state index contributed by atoms with van der Waals surface area (Å²) in [6.07, 6.45) is 7.91. The molecule has 1 N–H and O–H groups in total. The van der Waals surface area contributed by atoms with E-state index < -0.39 is 5.54 Å². The highest BCUT2D eigenvalue weighted by atomic mass is 16.5. The number of hydrogen-bond donors (Lipinski definition) is 1. The molecule has 2 aliphatic rings. The highest BCUT2D eigenvalue weighted by Crippen LogP contribution is 2.32. The van der Waals surface area contributed by atoms with Gasteiger partial charge in [-0.25, -0.2) is 4.79 Å². The fourth-order valence-corrected chi connectivity index (χ4v) is 3.83. The molecule has 1 saturated carbocycles. The van der Waals surface area contributed by atoms with E-state index in [1.807, 2.05) is 24.3 Å². The van der Waals surface area contributed by atoms with Crippen LogP contribution in [0.2, 0.25) is 0 Å². The summed E-state index contributed by atoms with van der Waals surface area (Å²) in [6, 6.07) is 7.12. The molecule has 1 aromatic rings. The lowest BCUT2D eigenvalue weighted by Gasteiger charge is -2.28. The van der Waals surface area contributed by atoms with Gasteiger partial charge in [-0.3, -0.25) is 9.69 Å². The number of hydrogen-bond acceptors (Lipinski definition) is 4. The summed E-state index contributed by atoms with van der Waals surface area (Å²) in [4.78, 5) is 26.6. The number of amides is 3. The normalized spacial score (nSPS) is 19.5. The second-order valence-corrected chi connectivity index (χ2v) is 7.41. The number of ether oxygens (including phenoxy) is 2. The maximum absolute atomic E-state index is 12.9. The first-order chi connectivity index (χ1) is 13.1. The Morgan fingerprint density at radius 2 is 1.48 bits per heavy atom. The lowest BCUT2D eigenvalue weighted by atomic mass is 9.84. The first-order valence-electron chi connectivity index (χ1n) is 10.1. The lowest BCUT2D eigenvalue weighted by Crippen LogP contribution is -2.47. The topological polar surface area (TPSA) is 67.9 Å². The van der Waals surface area contributed by atoms with Gasteiger partial charge < -0.3 is 14.8 Å². The zero-order valence-corrected chi connectivity index (χ0v) is 16.2. The molecule has 6 heteroatoms. The fourth-order valence-electron chi connectivity index (χ4n) is 3.83. The lowest BCUT2D eigenvalue weighted by molar-refractivity contribution is -0.132. The molecule has 0 atom stereocenters. The Labute approximate surface area is 161 Å². The predicted molar refractivity (Wildman–Crippen MR) is 103 cm³/mol. The summed E-state index contributed by atoms with van der Waals surface area (Å²) in [5.74, 6) is 1.43. The highest BCUT2D eigenvalue weighted by molar-refractivity contribution is 6.07. The number of rotatable bonds is 7. The van der Waals surface area contributed by atoms with Crippen molar-refractivity contribution in [1.29, 1.82) is 0 Å². The molecule has 1 aliphatic heterocycles. The molecular weight excluding hydrogens is 344 g/mol. The van der Waals surface area contributed by atoms with E-state index in [0.717, 1.165) is 50.7 Å². The smallest absolute Gasteiger partial charge is 0.325 e. The van der Waals surface area contributed by atoms with Gasteiger partial charge in [0, 0.05) is 0 Å². The Morgan fingerprint density at radius 1 is 0.926 bits per heavy atom. The van der Waals surface area contributed by atoms with E-state index in [1.54, 1.807) is 0 Å². The average Bonchev–Trinajstić information content (AvgIpc) is 2.89. The Kier molecular flexibility index (Phi) is 6.58. The van der Waals surface area contributed by atoms with Crippen LogP contribution in [0.3, 0.4) is 0 Å². The molecule has 0 bridgehead atoms. The van der Waals surface area contributed by atoms with Gasteiger partial charge in [0.05, 0.1) is 13.2 Å². The van der Waals surface area contributed by atoms with Crippen LogP contribution in [0, 0.1) is 0 Å². The van der Waals surface area contributed by atoms with Gasteiger partial charge in [-0.05, 0) is 43.5 Å². The van der Waals surface area contributed by atoms with Gasteiger partial charge in [0.15, 0.2) is 0 Å². The number of imide groups is 1. The van der Waals surface area contributed by atoms with E-state index in [-0.39, 0.29) is 25.1 Å². The molecule has 3 rings (SSSR count). The monoisotopic (exact) mass is 374 g/mol. The summed E-state index contributed by atoms with van der Waals surface area (Å²) < 4.78 is 11.3. The van der Waals surface area contributed by atoms with Crippen LogP contribution < -0.4 is 14.8 Å². The van der Waals surface area contributed by atoms with Gasteiger partial charge in [0.1, 0.15) is 23.6 Å². The van der Waals surface area contributed by atoms with Gasteiger partial charge in [-0.1, -0.05) is 39.0 Å².